The van der Waals surface area contributed by atoms with E-state index in [-0.39, 0.29) is 11.2 Å². The third-order valence-electron chi connectivity index (χ3n) is 6.47. The standard InChI is InChI=1S/C27H26O9/c1-13-9-15(33-2)4-7-17(13)23-18-6-3-14(29)10-20(18)35-21-11-16(5-8-19(21)23)34-27-26(32)25(31)24(30)22(12-28)36-27/h3-11,22,24-28,30-32H,12H2,1-2H3/t22-,24+,25+,26-,27-/m1/s1. The average Bonchev–Trinajstić information content (AvgIpc) is 2.87. The summed E-state index contributed by atoms with van der Waals surface area (Å²) in [5.74, 6) is 1.37. The molecular weight excluding hydrogens is 468 g/mol. The Bertz CT molecular complexity index is 1430. The van der Waals surface area contributed by atoms with Crippen LogP contribution in [0.4, 0.5) is 0 Å². The molecule has 2 aromatic carbocycles. The summed E-state index contributed by atoms with van der Waals surface area (Å²) in [5.41, 5.74) is 3.75. The number of ether oxygens (including phenoxy) is 3. The summed E-state index contributed by atoms with van der Waals surface area (Å²) in [7, 11) is 1.60. The van der Waals surface area contributed by atoms with Crippen molar-refractivity contribution in [2.75, 3.05) is 13.7 Å². The molecule has 0 saturated carbocycles. The lowest BCUT2D eigenvalue weighted by Crippen LogP contribution is -2.60. The van der Waals surface area contributed by atoms with Crippen molar-refractivity contribution in [3.05, 3.63) is 70.4 Å². The van der Waals surface area contributed by atoms with Crippen LogP contribution in [0.15, 0.2) is 63.8 Å². The largest absolute Gasteiger partial charge is 0.497 e. The SMILES string of the molecule is COc1ccc(-c2c3ccc(=O)cc-3oc3cc(O[C@@H]4O[C@H](CO)[C@H](O)[C@H](O)[C@H]4O)ccc23)c(C)c1. The van der Waals surface area contributed by atoms with Gasteiger partial charge in [0.05, 0.1) is 13.7 Å². The van der Waals surface area contributed by atoms with E-state index in [1.165, 1.54) is 12.1 Å². The van der Waals surface area contributed by atoms with Gasteiger partial charge in [-0.25, -0.2) is 0 Å². The monoisotopic (exact) mass is 494 g/mol. The number of hydrogen-bond acceptors (Lipinski definition) is 9. The zero-order valence-electron chi connectivity index (χ0n) is 19.6. The topological polar surface area (TPSA) is 139 Å². The van der Waals surface area contributed by atoms with Crippen LogP contribution in [0.25, 0.3) is 33.4 Å². The Morgan fingerprint density at radius 3 is 2.36 bits per heavy atom. The Balaban J connectivity index is 1.62. The molecule has 188 valence electrons. The number of hydrogen-bond donors (Lipinski definition) is 4. The second-order valence-corrected chi connectivity index (χ2v) is 8.79. The highest BCUT2D eigenvalue weighted by Crippen LogP contribution is 2.42. The normalized spacial score (nSPS) is 24.2. The van der Waals surface area contributed by atoms with Crippen molar-refractivity contribution in [1.29, 1.82) is 0 Å². The lowest BCUT2D eigenvalue weighted by molar-refractivity contribution is -0.277. The Kier molecular flexibility index (Phi) is 6.42. The van der Waals surface area contributed by atoms with E-state index >= 15 is 0 Å². The van der Waals surface area contributed by atoms with E-state index in [1.54, 1.807) is 31.4 Å². The van der Waals surface area contributed by atoms with Crippen LogP contribution < -0.4 is 14.9 Å². The zero-order valence-corrected chi connectivity index (χ0v) is 19.6. The molecule has 5 atom stereocenters. The van der Waals surface area contributed by atoms with Crippen molar-refractivity contribution in [3.63, 3.8) is 0 Å². The summed E-state index contributed by atoms with van der Waals surface area (Å²) >= 11 is 0. The van der Waals surface area contributed by atoms with Gasteiger partial charge in [0.25, 0.3) is 0 Å². The zero-order chi connectivity index (χ0) is 25.6. The predicted octanol–water partition coefficient (Wildman–Crippen LogP) is 2.06. The van der Waals surface area contributed by atoms with E-state index in [4.69, 9.17) is 18.6 Å². The first kappa shape index (κ1) is 24.2. The molecular formula is C27H26O9. The van der Waals surface area contributed by atoms with E-state index in [2.05, 4.69) is 0 Å². The van der Waals surface area contributed by atoms with E-state index < -0.39 is 37.3 Å². The lowest BCUT2D eigenvalue weighted by Gasteiger charge is -2.39. The summed E-state index contributed by atoms with van der Waals surface area (Å²) in [6.45, 7) is 1.41. The summed E-state index contributed by atoms with van der Waals surface area (Å²) in [6.07, 6.45) is -7.03. The second kappa shape index (κ2) is 9.53. The number of benzene rings is 3. The fourth-order valence-electron chi connectivity index (χ4n) is 4.56. The van der Waals surface area contributed by atoms with Gasteiger partial charge in [-0.1, -0.05) is 6.07 Å². The van der Waals surface area contributed by atoms with Gasteiger partial charge in [-0.2, -0.15) is 0 Å². The van der Waals surface area contributed by atoms with Crippen molar-refractivity contribution in [1.82, 2.24) is 0 Å². The minimum absolute atomic E-state index is 0.197. The summed E-state index contributed by atoms with van der Waals surface area (Å²) in [6, 6.07) is 15.4. The number of rotatable bonds is 5. The maximum absolute atomic E-state index is 12.1. The first-order valence-electron chi connectivity index (χ1n) is 11.4. The molecule has 4 N–H and O–H groups in total. The third-order valence-corrected chi connectivity index (χ3v) is 6.47. The number of methoxy groups -OCH3 is 1. The number of aliphatic hydroxyl groups excluding tert-OH is 4. The Hall–Kier alpha value is -3.47. The third kappa shape index (κ3) is 4.21. The van der Waals surface area contributed by atoms with E-state index in [1.807, 2.05) is 25.1 Å². The average molecular weight is 494 g/mol. The van der Waals surface area contributed by atoms with Crippen LogP contribution in [0.5, 0.6) is 11.5 Å². The molecule has 0 aromatic heterocycles. The van der Waals surface area contributed by atoms with Crippen LogP contribution in [-0.2, 0) is 4.74 Å². The molecule has 0 bridgehead atoms. The quantitative estimate of drug-likeness (QED) is 0.307. The molecule has 2 aromatic rings. The van der Waals surface area contributed by atoms with E-state index in [9.17, 15) is 25.2 Å². The van der Waals surface area contributed by atoms with Gasteiger partial charge in [-0.15, -0.1) is 0 Å². The highest BCUT2D eigenvalue weighted by Gasteiger charge is 2.44. The Morgan fingerprint density at radius 1 is 0.889 bits per heavy atom. The molecule has 0 spiro atoms. The van der Waals surface area contributed by atoms with Crippen molar-refractivity contribution >= 4 is 11.0 Å². The van der Waals surface area contributed by atoms with Gasteiger partial charge in [-0.3, -0.25) is 4.79 Å². The molecule has 1 fully saturated rings. The second-order valence-electron chi connectivity index (χ2n) is 8.79. The predicted molar refractivity (Wildman–Crippen MR) is 130 cm³/mol. The Labute approximate surface area is 206 Å². The van der Waals surface area contributed by atoms with Gasteiger partial charge < -0.3 is 39.1 Å². The first-order chi connectivity index (χ1) is 17.3. The first-order valence-corrected chi connectivity index (χ1v) is 11.4. The molecule has 9 heteroatoms. The maximum Gasteiger partial charge on any atom is 0.229 e. The van der Waals surface area contributed by atoms with Crippen LogP contribution in [0.1, 0.15) is 5.56 Å². The van der Waals surface area contributed by atoms with Crippen molar-refractivity contribution < 1.29 is 39.1 Å². The van der Waals surface area contributed by atoms with Crippen LogP contribution in [0.2, 0.25) is 0 Å². The molecule has 3 aliphatic rings. The summed E-state index contributed by atoms with van der Waals surface area (Å²) in [4.78, 5) is 12.1. The molecule has 1 saturated heterocycles. The fourth-order valence-corrected chi connectivity index (χ4v) is 4.56. The minimum atomic E-state index is -1.56. The molecule has 5 rings (SSSR count). The summed E-state index contributed by atoms with van der Waals surface area (Å²) in [5, 5.41) is 40.6. The number of fused-ring (bicyclic) bond motifs is 2. The highest BCUT2D eigenvalue weighted by atomic mass is 16.7. The molecule has 0 unspecified atom stereocenters. The highest BCUT2D eigenvalue weighted by molar-refractivity contribution is 6.02. The van der Waals surface area contributed by atoms with Gasteiger partial charge in [-0.05, 0) is 54.4 Å². The Morgan fingerprint density at radius 2 is 1.64 bits per heavy atom. The molecule has 2 aliphatic heterocycles. The van der Waals surface area contributed by atoms with Gasteiger partial charge in [0.15, 0.2) is 5.43 Å². The smallest absolute Gasteiger partial charge is 0.229 e. The van der Waals surface area contributed by atoms with Crippen LogP contribution in [0.3, 0.4) is 0 Å². The van der Waals surface area contributed by atoms with Gasteiger partial charge in [0.2, 0.25) is 6.29 Å². The van der Waals surface area contributed by atoms with Crippen LogP contribution in [-0.4, -0.2) is 64.8 Å². The van der Waals surface area contributed by atoms with Gasteiger partial charge in [0.1, 0.15) is 47.3 Å². The molecule has 2 heterocycles. The minimum Gasteiger partial charge on any atom is -0.497 e. The summed E-state index contributed by atoms with van der Waals surface area (Å²) < 4.78 is 22.6. The van der Waals surface area contributed by atoms with E-state index in [0.29, 0.717) is 11.3 Å². The molecule has 36 heavy (non-hydrogen) atoms. The van der Waals surface area contributed by atoms with Crippen molar-refractivity contribution in [2.24, 2.45) is 0 Å². The van der Waals surface area contributed by atoms with E-state index in [0.717, 1.165) is 33.4 Å². The molecule has 9 nitrogen and oxygen atoms in total. The van der Waals surface area contributed by atoms with Crippen molar-refractivity contribution in [3.8, 4) is 33.9 Å². The molecule has 0 radical (unpaired) electrons. The lowest BCUT2D eigenvalue weighted by atomic mass is 9.91. The van der Waals surface area contributed by atoms with Crippen molar-refractivity contribution in [2.45, 2.75) is 37.6 Å². The number of aliphatic hydroxyl groups is 4. The van der Waals surface area contributed by atoms with Crippen LogP contribution >= 0.6 is 0 Å². The van der Waals surface area contributed by atoms with Gasteiger partial charge >= 0.3 is 0 Å². The van der Waals surface area contributed by atoms with Crippen LogP contribution in [0, 0.1) is 6.92 Å². The number of aryl methyl sites for hydroxylation is 1. The maximum atomic E-state index is 12.1. The molecule has 1 aliphatic carbocycles. The molecule has 0 amide bonds. The fraction of sp³-hybridized carbons (Fsp3) is 0.296. The van der Waals surface area contributed by atoms with Gasteiger partial charge in [0, 0.05) is 28.6 Å².